The van der Waals surface area contributed by atoms with Gasteiger partial charge in [-0.05, 0) is 48.7 Å². The molecule has 1 aromatic heterocycles. The van der Waals surface area contributed by atoms with Crippen molar-refractivity contribution in [1.82, 2.24) is 4.57 Å². The summed E-state index contributed by atoms with van der Waals surface area (Å²) < 4.78 is 13.4. The van der Waals surface area contributed by atoms with Crippen LogP contribution in [0.5, 0.6) is 11.8 Å². The van der Waals surface area contributed by atoms with Gasteiger partial charge in [0.2, 0.25) is 11.8 Å². The highest BCUT2D eigenvalue weighted by molar-refractivity contribution is 6.00. The molecule has 0 amide bonds. The van der Waals surface area contributed by atoms with E-state index in [1.54, 1.807) is 36.4 Å². The van der Waals surface area contributed by atoms with E-state index < -0.39 is 17.2 Å². The van der Waals surface area contributed by atoms with E-state index in [4.69, 9.17) is 16.0 Å². The quantitative estimate of drug-likeness (QED) is 0.267. The largest absolute Gasteiger partial charge is 0.494 e. The monoisotopic (exact) mass is 480 g/mol. The van der Waals surface area contributed by atoms with Crippen molar-refractivity contribution in [3.8, 4) is 17.4 Å². The number of carbonyl (C=O) groups is 1. The van der Waals surface area contributed by atoms with Crippen molar-refractivity contribution in [2.75, 3.05) is 6.61 Å². The highest BCUT2D eigenvalue weighted by Crippen LogP contribution is 2.65. The first kappa shape index (κ1) is 22.2. The summed E-state index contributed by atoms with van der Waals surface area (Å²) in [6.07, 6.45) is 1.65. The molecule has 4 aromatic rings. The fourth-order valence-corrected chi connectivity index (χ4v) is 5.86. The number of esters is 1. The Balaban J connectivity index is 1.40. The number of rotatable bonds is 5. The van der Waals surface area contributed by atoms with Crippen LogP contribution >= 0.6 is 0 Å². The number of carbonyl (C=O) groups excluding carboxylic acids is 1. The van der Waals surface area contributed by atoms with E-state index in [1.165, 1.54) is 4.57 Å². The minimum Gasteiger partial charge on any atom is -0.494 e. The molecule has 0 spiro atoms. The van der Waals surface area contributed by atoms with Gasteiger partial charge in [0.05, 0.1) is 41.2 Å². The second kappa shape index (κ2) is 7.87. The van der Waals surface area contributed by atoms with Crippen LogP contribution in [0.1, 0.15) is 47.7 Å². The maximum absolute atomic E-state index is 12.4. The fourth-order valence-electron chi connectivity index (χ4n) is 5.86. The zero-order valence-electron chi connectivity index (χ0n) is 19.7. The first-order chi connectivity index (χ1) is 17.4. The van der Waals surface area contributed by atoms with Gasteiger partial charge in [0.25, 0.3) is 0 Å². The molecule has 0 radical (unpaired) electrons. The molecule has 7 nitrogen and oxygen atoms in total. The molecule has 2 bridgehead atoms. The standard InChI is InChI=1S/C29H24N2O5/c1-28-14-15-29(36-28,16-17-35-27(34)18-8-4-3-5-9-18)24-23(28)25(32)31(26(24)33)22-13-12-21(30-2)19-10-6-7-11-20(19)22/h3-13,32-33H,14-17H2,1H3. The van der Waals surface area contributed by atoms with E-state index in [9.17, 15) is 15.0 Å². The molecule has 2 aliphatic rings. The molecule has 0 saturated carbocycles. The van der Waals surface area contributed by atoms with Crippen molar-refractivity contribution < 1.29 is 24.5 Å². The van der Waals surface area contributed by atoms with E-state index in [2.05, 4.69) is 4.85 Å². The lowest BCUT2D eigenvalue weighted by Crippen LogP contribution is -2.25. The number of aromatic nitrogens is 1. The molecule has 2 atom stereocenters. The van der Waals surface area contributed by atoms with E-state index in [1.807, 2.05) is 37.3 Å². The van der Waals surface area contributed by atoms with Crippen LogP contribution in [0, 0.1) is 6.57 Å². The second-order valence-electron chi connectivity index (χ2n) is 9.57. The molecule has 2 unspecified atom stereocenters. The van der Waals surface area contributed by atoms with Crippen molar-refractivity contribution in [2.24, 2.45) is 0 Å². The van der Waals surface area contributed by atoms with Crippen LogP contribution < -0.4 is 0 Å². The molecule has 180 valence electrons. The Morgan fingerprint density at radius 2 is 1.69 bits per heavy atom. The Kier molecular flexibility index (Phi) is 4.85. The zero-order valence-corrected chi connectivity index (χ0v) is 19.7. The molecule has 1 saturated heterocycles. The summed E-state index contributed by atoms with van der Waals surface area (Å²) in [7, 11) is 0. The first-order valence-corrected chi connectivity index (χ1v) is 11.9. The number of hydrogen-bond donors (Lipinski definition) is 2. The number of hydrogen-bond acceptors (Lipinski definition) is 5. The molecule has 6 rings (SSSR count). The van der Waals surface area contributed by atoms with E-state index >= 15 is 0 Å². The summed E-state index contributed by atoms with van der Waals surface area (Å²) in [6, 6.07) is 19.7. The number of nitrogens with zero attached hydrogens (tertiary/aromatic N) is 2. The Morgan fingerprint density at radius 3 is 2.44 bits per heavy atom. The smallest absolute Gasteiger partial charge is 0.338 e. The lowest BCUT2D eigenvalue weighted by molar-refractivity contribution is -0.0897. The van der Waals surface area contributed by atoms with E-state index in [0.717, 1.165) is 10.8 Å². The van der Waals surface area contributed by atoms with Gasteiger partial charge in [-0.2, -0.15) is 0 Å². The lowest BCUT2D eigenvalue weighted by atomic mass is 9.78. The normalized spacial score (nSPS) is 21.9. The van der Waals surface area contributed by atoms with Gasteiger partial charge in [-0.1, -0.05) is 48.5 Å². The Labute approximate surface area is 207 Å². The third kappa shape index (κ3) is 3.05. The minimum absolute atomic E-state index is 0.0754. The summed E-state index contributed by atoms with van der Waals surface area (Å²) in [4.78, 5) is 16.0. The fraction of sp³-hybridized carbons (Fsp3) is 0.241. The van der Waals surface area contributed by atoms with Gasteiger partial charge in [0.15, 0.2) is 5.69 Å². The summed E-state index contributed by atoms with van der Waals surface area (Å²) in [5, 5.41) is 24.4. The highest BCUT2D eigenvalue weighted by atomic mass is 16.6. The van der Waals surface area contributed by atoms with Crippen LogP contribution in [0.3, 0.4) is 0 Å². The van der Waals surface area contributed by atoms with Crippen molar-refractivity contribution in [1.29, 1.82) is 0 Å². The molecule has 3 aromatic carbocycles. The molecule has 7 heteroatoms. The van der Waals surface area contributed by atoms with Crippen LogP contribution in [0.25, 0.3) is 21.3 Å². The Hall–Kier alpha value is -4.28. The van der Waals surface area contributed by atoms with Crippen LogP contribution in [-0.2, 0) is 20.7 Å². The molecule has 2 aliphatic heterocycles. The van der Waals surface area contributed by atoms with Crippen molar-refractivity contribution >= 4 is 22.4 Å². The third-order valence-electron chi connectivity index (χ3n) is 7.52. The minimum atomic E-state index is -0.875. The molecular weight excluding hydrogens is 456 g/mol. The molecular formula is C29H24N2O5. The number of fused-ring (bicyclic) bond motifs is 6. The van der Waals surface area contributed by atoms with Gasteiger partial charge in [-0.15, -0.1) is 0 Å². The van der Waals surface area contributed by atoms with Gasteiger partial charge in [0.1, 0.15) is 5.60 Å². The van der Waals surface area contributed by atoms with Crippen LogP contribution in [0.2, 0.25) is 0 Å². The summed E-state index contributed by atoms with van der Waals surface area (Å²) in [5.41, 5.74) is 1.02. The maximum Gasteiger partial charge on any atom is 0.338 e. The van der Waals surface area contributed by atoms with Gasteiger partial charge < -0.3 is 19.7 Å². The Morgan fingerprint density at radius 1 is 1.00 bits per heavy atom. The molecule has 36 heavy (non-hydrogen) atoms. The average Bonchev–Trinajstić information content (AvgIpc) is 3.48. The highest BCUT2D eigenvalue weighted by Gasteiger charge is 2.61. The van der Waals surface area contributed by atoms with Crippen molar-refractivity contribution in [3.05, 3.63) is 94.8 Å². The predicted octanol–water partition coefficient (Wildman–Crippen LogP) is 6.07. The Bertz CT molecular complexity index is 1570. The number of benzene rings is 3. The second-order valence-corrected chi connectivity index (χ2v) is 9.57. The summed E-state index contributed by atoms with van der Waals surface area (Å²) in [6.45, 7) is 9.52. The maximum atomic E-state index is 12.4. The summed E-state index contributed by atoms with van der Waals surface area (Å²) >= 11 is 0. The van der Waals surface area contributed by atoms with Gasteiger partial charge in [-0.25, -0.2) is 9.64 Å². The zero-order chi connectivity index (χ0) is 25.1. The summed E-state index contributed by atoms with van der Waals surface area (Å²) in [5.74, 6) is -0.586. The van der Waals surface area contributed by atoms with Crippen molar-refractivity contribution in [2.45, 2.75) is 37.4 Å². The SMILES string of the molecule is [C-]#[N+]c1ccc(-n2c(O)c3c(c2O)C2(CCOC(=O)c4ccccc4)CCC3(C)O2)c2ccccc12. The van der Waals surface area contributed by atoms with E-state index in [0.29, 0.717) is 47.3 Å². The van der Waals surface area contributed by atoms with Crippen LogP contribution in [-0.4, -0.2) is 27.4 Å². The first-order valence-electron chi connectivity index (χ1n) is 11.9. The molecule has 0 aliphatic carbocycles. The predicted molar refractivity (Wildman–Crippen MR) is 134 cm³/mol. The van der Waals surface area contributed by atoms with Crippen LogP contribution in [0.4, 0.5) is 5.69 Å². The average molecular weight is 481 g/mol. The molecule has 1 fully saturated rings. The number of ether oxygens (including phenoxy) is 2. The third-order valence-corrected chi connectivity index (χ3v) is 7.52. The molecule has 2 N–H and O–H groups in total. The number of aromatic hydroxyl groups is 2. The van der Waals surface area contributed by atoms with Gasteiger partial charge in [0, 0.05) is 6.42 Å². The van der Waals surface area contributed by atoms with Gasteiger partial charge in [-0.3, -0.25) is 4.57 Å². The topological polar surface area (TPSA) is 85.3 Å². The van der Waals surface area contributed by atoms with Gasteiger partial charge >= 0.3 is 5.97 Å². The van der Waals surface area contributed by atoms with Crippen molar-refractivity contribution in [3.63, 3.8) is 0 Å². The lowest BCUT2D eigenvalue weighted by Gasteiger charge is -2.26. The molecule has 3 heterocycles. The van der Waals surface area contributed by atoms with E-state index in [-0.39, 0.29) is 18.4 Å². The van der Waals surface area contributed by atoms with Crippen LogP contribution in [0.15, 0.2) is 66.7 Å².